The zero-order chi connectivity index (χ0) is 36.3. The third kappa shape index (κ3) is 5.19. The van der Waals surface area contributed by atoms with E-state index in [1.807, 2.05) is 18.3 Å². The summed E-state index contributed by atoms with van der Waals surface area (Å²) in [5.41, 5.74) is 12.7. The van der Waals surface area contributed by atoms with E-state index in [9.17, 15) is 0 Å². The van der Waals surface area contributed by atoms with E-state index in [1.165, 1.54) is 54.7 Å². The second-order valence-corrected chi connectivity index (χ2v) is 14.0. The zero-order valence-corrected chi connectivity index (χ0v) is 29.8. The molecule has 4 nitrogen and oxygen atoms in total. The van der Waals surface area contributed by atoms with Crippen molar-refractivity contribution in [3.63, 3.8) is 0 Å². The summed E-state index contributed by atoms with van der Waals surface area (Å²) in [7, 11) is 0. The molecule has 0 saturated heterocycles. The second kappa shape index (κ2) is 12.6. The lowest BCUT2D eigenvalue weighted by Gasteiger charge is -2.12. The Bertz CT molecular complexity index is 3230. The van der Waals surface area contributed by atoms with Crippen LogP contribution in [0.2, 0.25) is 0 Å². The number of pyridine rings is 1. The summed E-state index contributed by atoms with van der Waals surface area (Å²) in [4.78, 5) is 15.0. The van der Waals surface area contributed by atoms with Crippen molar-refractivity contribution >= 4 is 54.4 Å². The lowest BCUT2D eigenvalue weighted by molar-refractivity contribution is 1.17. The molecule has 0 radical (unpaired) electrons. The average Bonchev–Trinajstić information content (AvgIpc) is 3.58. The van der Waals surface area contributed by atoms with Crippen LogP contribution in [0.5, 0.6) is 0 Å². The SMILES string of the molecule is c1ccc(-c2ccc(-c3cccc4c3c3cc5ccccc5cc3n4-c3ccc(-c4nc(-c5cccc6ccccc56)c5ncccc5n4)cc3)cc2)cc1. The van der Waals surface area contributed by atoms with E-state index >= 15 is 0 Å². The number of fused-ring (bicyclic) bond motifs is 6. The molecule has 4 heteroatoms. The first kappa shape index (κ1) is 31.1. The van der Waals surface area contributed by atoms with Gasteiger partial charge in [-0.05, 0) is 98.4 Å². The van der Waals surface area contributed by atoms with Crippen molar-refractivity contribution in [2.75, 3.05) is 0 Å². The van der Waals surface area contributed by atoms with Gasteiger partial charge in [0.2, 0.25) is 0 Å². The van der Waals surface area contributed by atoms with Crippen LogP contribution in [0.1, 0.15) is 0 Å². The van der Waals surface area contributed by atoms with E-state index in [0.29, 0.717) is 5.82 Å². The van der Waals surface area contributed by atoms with Gasteiger partial charge in [-0.3, -0.25) is 4.98 Å². The first-order valence-corrected chi connectivity index (χ1v) is 18.6. The molecule has 3 heterocycles. The van der Waals surface area contributed by atoms with Crippen LogP contribution in [0, 0.1) is 0 Å². The average molecular weight is 701 g/mol. The normalized spacial score (nSPS) is 11.6. The zero-order valence-electron chi connectivity index (χ0n) is 29.8. The molecule has 0 aliphatic carbocycles. The van der Waals surface area contributed by atoms with Gasteiger partial charge < -0.3 is 4.57 Å². The summed E-state index contributed by atoms with van der Waals surface area (Å²) in [5.74, 6) is 0.671. The van der Waals surface area contributed by atoms with Gasteiger partial charge in [0.15, 0.2) is 5.82 Å². The van der Waals surface area contributed by atoms with Crippen LogP contribution in [0.25, 0.3) is 105 Å². The summed E-state index contributed by atoms with van der Waals surface area (Å²) < 4.78 is 2.40. The largest absolute Gasteiger partial charge is 0.309 e. The van der Waals surface area contributed by atoms with Crippen LogP contribution in [0.4, 0.5) is 0 Å². The van der Waals surface area contributed by atoms with Crippen molar-refractivity contribution in [3.8, 4) is 50.6 Å². The standard InChI is InChI=1S/C51H32N4/c1-2-11-33(12-3-1)34-22-24-36(25-23-34)42-18-9-21-46-48(42)44-31-38-14-4-5-15-39(38)32-47(44)55(46)40-28-26-37(27-29-40)51-53-45-20-10-30-52-50(45)49(54-51)43-19-8-16-35-13-6-7-17-41(35)43/h1-32H. The number of hydrogen-bond donors (Lipinski definition) is 0. The fourth-order valence-electron chi connectivity index (χ4n) is 8.22. The Kier molecular flexibility index (Phi) is 7.14. The molecule has 0 saturated carbocycles. The lowest BCUT2D eigenvalue weighted by atomic mass is 9.96. The van der Waals surface area contributed by atoms with Crippen LogP contribution < -0.4 is 0 Å². The molecule has 0 amide bonds. The van der Waals surface area contributed by atoms with Crippen molar-refractivity contribution in [2.45, 2.75) is 0 Å². The number of aromatic nitrogens is 4. The summed E-state index contributed by atoms with van der Waals surface area (Å²) in [6.45, 7) is 0. The maximum absolute atomic E-state index is 5.21. The third-order valence-corrected chi connectivity index (χ3v) is 10.8. The molecule has 0 N–H and O–H groups in total. The van der Waals surface area contributed by atoms with Crippen molar-refractivity contribution in [2.24, 2.45) is 0 Å². The van der Waals surface area contributed by atoms with Crippen molar-refractivity contribution in [1.82, 2.24) is 19.5 Å². The van der Waals surface area contributed by atoms with E-state index in [1.54, 1.807) is 0 Å². The summed E-state index contributed by atoms with van der Waals surface area (Å²) in [5, 5.41) is 7.21. The van der Waals surface area contributed by atoms with E-state index < -0.39 is 0 Å². The summed E-state index contributed by atoms with van der Waals surface area (Å²) in [6.07, 6.45) is 1.81. The fourth-order valence-corrected chi connectivity index (χ4v) is 8.22. The molecule has 0 atom stereocenters. The predicted octanol–water partition coefficient (Wildman–Crippen LogP) is 13.1. The second-order valence-electron chi connectivity index (χ2n) is 14.0. The minimum atomic E-state index is 0.671. The fraction of sp³-hybridized carbons (Fsp3) is 0. The van der Waals surface area contributed by atoms with Gasteiger partial charge in [-0.1, -0.05) is 133 Å². The molecule has 256 valence electrons. The predicted molar refractivity (Wildman–Crippen MR) is 228 cm³/mol. The van der Waals surface area contributed by atoms with Gasteiger partial charge in [0.1, 0.15) is 11.2 Å². The lowest BCUT2D eigenvalue weighted by Crippen LogP contribution is -1.98. The molecule has 3 aromatic heterocycles. The summed E-state index contributed by atoms with van der Waals surface area (Å²) in [6, 6.07) is 66.9. The molecule has 11 rings (SSSR count). The minimum absolute atomic E-state index is 0.671. The topological polar surface area (TPSA) is 43.6 Å². The molecule has 0 aliphatic heterocycles. The van der Waals surface area contributed by atoms with Crippen molar-refractivity contribution in [1.29, 1.82) is 0 Å². The first-order valence-electron chi connectivity index (χ1n) is 18.6. The number of nitrogens with zero attached hydrogens (tertiary/aromatic N) is 4. The molecule has 0 aliphatic rings. The van der Waals surface area contributed by atoms with Crippen LogP contribution in [-0.2, 0) is 0 Å². The molecule has 0 bridgehead atoms. The maximum atomic E-state index is 5.21. The Morgan fingerprint density at radius 3 is 1.89 bits per heavy atom. The van der Waals surface area contributed by atoms with Crippen LogP contribution >= 0.6 is 0 Å². The third-order valence-electron chi connectivity index (χ3n) is 10.8. The highest BCUT2D eigenvalue weighted by Gasteiger charge is 2.19. The van der Waals surface area contributed by atoms with Crippen molar-refractivity contribution < 1.29 is 0 Å². The Labute approximate surface area is 317 Å². The van der Waals surface area contributed by atoms with Gasteiger partial charge in [0, 0.05) is 33.8 Å². The molecule has 0 spiro atoms. The van der Waals surface area contributed by atoms with E-state index in [4.69, 9.17) is 15.0 Å². The van der Waals surface area contributed by atoms with Gasteiger partial charge in [0.25, 0.3) is 0 Å². The smallest absolute Gasteiger partial charge is 0.160 e. The molecule has 0 unspecified atom stereocenters. The summed E-state index contributed by atoms with van der Waals surface area (Å²) >= 11 is 0. The number of rotatable bonds is 5. The van der Waals surface area contributed by atoms with E-state index in [-0.39, 0.29) is 0 Å². The van der Waals surface area contributed by atoms with Gasteiger partial charge in [-0.25, -0.2) is 9.97 Å². The minimum Gasteiger partial charge on any atom is -0.309 e. The number of benzene rings is 8. The van der Waals surface area contributed by atoms with Crippen LogP contribution in [0.3, 0.4) is 0 Å². The first-order chi connectivity index (χ1) is 27.3. The van der Waals surface area contributed by atoms with Crippen LogP contribution in [0.15, 0.2) is 194 Å². The molecule has 11 aromatic rings. The molecular weight excluding hydrogens is 669 g/mol. The highest BCUT2D eigenvalue weighted by Crippen LogP contribution is 2.41. The number of hydrogen-bond acceptors (Lipinski definition) is 3. The monoisotopic (exact) mass is 700 g/mol. The van der Waals surface area contributed by atoms with Gasteiger partial charge in [-0.2, -0.15) is 0 Å². The quantitative estimate of drug-likeness (QED) is 0.179. The molecule has 0 fully saturated rings. The molecule has 8 aromatic carbocycles. The van der Waals surface area contributed by atoms with Crippen LogP contribution in [-0.4, -0.2) is 19.5 Å². The highest BCUT2D eigenvalue weighted by atomic mass is 15.0. The Morgan fingerprint density at radius 1 is 0.400 bits per heavy atom. The highest BCUT2D eigenvalue weighted by molar-refractivity contribution is 6.18. The molecular formula is C51H32N4. The molecule has 55 heavy (non-hydrogen) atoms. The maximum Gasteiger partial charge on any atom is 0.160 e. The van der Waals surface area contributed by atoms with Gasteiger partial charge in [-0.15, -0.1) is 0 Å². The Hall–Kier alpha value is -7.43. The van der Waals surface area contributed by atoms with Crippen molar-refractivity contribution in [3.05, 3.63) is 194 Å². The van der Waals surface area contributed by atoms with E-state index in [0.717, 1.165) is 44.4 Å². The van der Waals surface area contributed by atoms with E-state index in [2.05, 4.69) is 180 Å². The van der Waals surface area contributed by atoms with Gasteiger partial charge >= 0.3 is 0 Å². The van der Waals surface area contributed by atoms with Gasteiger partial charge in [0.05, 0.1) is 16.6 Å². The Morgan fingerprint density at radius 2 is 1.05 bits per heavy atom. The Balaban J connectivity index is 1.07.